The largest absolute Gasteiger partial charge is 0.496 e. The summed E-state index contributed by atoms with van der Waals surface area (Å²) in [5.41, 5.74) is 7.34. The average Bonchev–Trinajstić information content (AvgIpc) is 2.53. The molecule has 23 heavy (non-hydrogen) atoms. The third-order valence-corrected chi connectivity index (χ3v) is 4.36. The van der Waals surface area contributed by atoms with Crippen LogP contribution in [0.2, 0.25) is 0 Å². The topological polar surface area (TPSA) is 72.6 Å². The van der Waals surface area contributed by atoms with E-state index in [1.165, 1.54) is 6.08 Å². The highest BCUT2D eigenvalue weighted by Gasteiger charge is 2.30. The summed E-state index contributed by atoms with van der Waals surface area (Å²) in [5, 5.41) is 0. The minimum absolute atomic E-state index is 0.105. The first-order valence-electron chi connectivity index (χ1n) is 7.85. The minimum atomic E-state index is -0.334. The van der Waals surface area contributed by atoms with Crippen molar-refractivity contribution in [1.29, 1.82) is 0 Å². The maximum absolute atomic E-state index is 12.5. The summed E-state index contributed by atoms with van der Waals surface area (Å²) in [6.07, 6.45) is 4.84. The molecule has 1 aromatic carbocycles. The first-order chi connectivity index (χ1) is 10.9. The number of amides is 2. The van der Waals surface area contributed by atoms with Crippen molar-refractivity contribution < 1.29 is 14.3 Å². The summed E-state index contributed by atoms with van der Waals surface area (Å²) in [7, 11) is 1.61. The highest BCUT2D eigenvalue weighted by molar-refractivity contribution is 5.93. The van der Waals surface area contributed by atoms with Gasteiger partial charge < -0.3 is 15.4 Å². The standard InChI is InChI=1S/C18H24N2O3/c1-12-4-8-16(23-3)14(10-12)7-9-17(21)20-11-15(18(19)22)6-5-13(20)2/h4,7-10,13,15H,5-6,11H2,1-3H3,(H2,19,22)/b9-7+. The number of carbonyl (C=O) groups excluding carboxylic acids is 2. The summed E-state index contributed by atoms with van der Waals surface area (Å²) >= 11 is 0. The van der Waals surface area contributed by atoms with Gasteiger partial charge in [0.1, 0.15) is 5.75 Å². The second-order valence-corrected chi connectivity index (χ2v) is 6.10. The van der Waals surface area contributed by atoms with Gasteiger partial charge in [-0.1, -0.05) is 11.6 Å². The lowest BCUT2D eigenvalue weighted by molar-refractivity contribution is -0.133. The fourth-order valence-corrected chi connectivity index (χ4v) is 2.89. The van der Waals surface area contributed by atoms with Crippen LogP contribution < -0.4 is 10.5 Å². The third-order valence-electron chi connectivity index (χ3n) is 4.36. The van der Waals surface area contributed by atoms with Gasteiger partial charge in [0, 0.05) is 24.2 Å². The third kappa shape index (κ3) is 4.12. The van der Waals surface area contributed by atoms with Gasteiger partial charge in [-0.2, -0.15) is 0 Å². The summed E-state index contributed by atoms with van der Waals surface area (Å²) in [4.78, 5) is 25.6. The number of nitrogens with two attached hydrogens (primary N) is 1. The molecule has 5 heteroatoms. The molecule has 0 spiro atoms. The molecule has 1 aliphatic heterocycles. The van der Waals surface area contributed by atoms with Crippen molar-refractivity contribution in [3.05, 3.63) is 35.4 Å². The number of hydrogen-bond acceptors (Lipinski definition) is 3. The predicted molar refractivity (Wildman–Crippen MR) is 89.9 cm³/mol. The zero-order valence-corrected chi connectivity index (χ0v) is 13.9. The van der Waals surface area contributed by atoms with Gasteiger partial charge in [-0.3, -0.25) is 9.59 Å². The summed E-state index contributed by atoms with van der Waals surface area (Å²) in [5.74, 6) is 0.0319. The van der Waals surface area contributed by atoms with E-state index >= 15 is 0 Å². The van der Waals surface area contributed by atoms with E-state index in [2.05, 4.69) is 0 Å². The Morgan fingerprint density at radius 2 is 2.09 bits per heavy atom. The number of primary amides is 1. The minimum Gasteiger partial charge on any atom is -0.496 e. The number of carbonyl (C=O) groups is 2. The number of hydrogen-bond donors (Lipinski definition) is 1. The molecule has 1 aromatic rings. The Labute approximate surface area is 137 Å². The normalized spacial score (nSPS) is 21.4. The van der Waals surface area contributed by atoms with E-state index in [-0.39, 0.29) is 23.8 Å². The molecule has 1 saturated heterocycles. The van der Waals surface area contributed by atoms with Crippen LogP contribution in [-0.4, -0.2) is 36.4 Å². The summed E-state index contributed by atoms with van der Waals surface area (Å²) in [6, 6.07) is 5.92. The van der Waals surface area contributed by atoms with Crippen LogP contribution in [0, 0.1) is 12.8 Å². The Hall–Kier alpha value is -2.30. The first kappa shape index (κ1) is 17.1. The summed E-state index contributed by atoms with van der Waals surface area (Å²) < 4.78 is 5.31. The van der Waals surface area contributed by atoms with E-state index in [0.717, 1.165) is 29.7 Å². The molecule has 0 bridgehead atoms. The van der Waals surface area contributed by atoms with E-state index in [0.29, 0.717) is 6.54 Å². The molecule has 2 atom stereocenters. The molecule has 2 amide bonds. The molecule has 0 aliphatic carbocycles. The van der Waals surface area contributed by atoms with Crippen LogP contribution in [0.25, 0.3) is 6.08 Å². The fourth-order valence-electron chi connectivity index (χ4n) is 2.89. The molecule has 0 saturated carbocycles. The smallest absolute Gasteiger partial charge is 0.246 e. The molecule has 2 unspecified atom stereocenters. The lowest BCUT2D eigenvalue weighted by Crippen LogP contribution is -2.48. The highest BCUT2D eigenvalue weighted by Crippen LogP contribution is 2.24. The zero-order valence-electron chi connectivity index (χ0n) is 13.9. The Kier molecular flexibility index (Phi) is 5.42. The van der Waals surface area contributed by atoms with Gasteiger partial charge in [0.2, 0.25) is 11.8 Å². The molecule has 0 radical (unpaired) electrons. The van der Waals surface area contributed by atoms with Crippen LogP contribution in [0.5, 0.6) is 5.75 Å². The second kappa shape index (κ2) is 7.31. The monoisotopic (exact) mass is 316 g/mol. The molecular weight excluding hydrogens is 292 g/mol. The van der Waals surface area contributed by atoms with Crippen LogP contribution in [0.4, 0.5) is 0 Å². The number of aryl methyl sites for hydroxylation is 1. The van der Waals surface area contributed by atoms with Crippen LogP contribution >= 0.6 is 0 Å². The van der Waals surface area contributed by atoms with Gasteiger partial charge in [-0.25, -0.2) is 0 Å². The van der Waals surface area contributed by atoms with E-state index in [4.69, 9.17) is 10.5 Å². The number of ether oxygens (including phenoxy) is 1. The Morgan fingerprint density at radius 3 is 2.74 bits per heavy atom. The molecule has 1 heterocycles. The van der Waals surface area contributed by atoms with Crippen molar-refractivity contribution in [1.82, 2.24) is 4.90 Å². The molecule has 5 nitrogen and oxygen atoms in total. The van der Waals surface area contributed by atoms with E-state index in [9.17, 15) is 9.59 Å². The van der Waals surface area contributed by atoms with Crippen molar-refractivity contribution in [2.24, 2.45) is 11.7 Å². The predicted octanol–water partition coefficient (Wildman–Crippen LogP) is 2.13. The van der Waals surface area contributed by atoms with Gasteiger partial charge in [-0.05, 0) is 44.9 Å². The number of benzene rings is 1. The molecule has 2 rings (SSSR count). The molecule has 124 valence electrons. The van der Waals surface area contributed by atoms with Crippen molar-refractivity contribution in [2.45, 2.75) is 32.7 Å². The van der Waals surface area contributed by atoms with Gasteiger partial charge in [0.15, 0.2) is 0 Å². The van der Waals surface area contributed by atoms with Crippen LogP contribution in [0.1, 0.15) is 30.9 Å². The van der Waals surface area contributed by atoms with E-state index in [1.807, 2.05) is 32.0 Å². The van der Waals surface area contributed by atoms with Gasteiger partial charge in [0.05, 0.1) is 13.0 Å². The number of nitrogens with zero attached hydrogens (tertiary/aromatic N) is 1. The Morgan fingerprint density at radius 1 is 1.35 bits per heavy atom. The highest BCUT2D eigenvalue weighted by atomic mass is 16.5. The van der Waals surface area contributed by atoms with Crippen LogP contribution in [0.3, 0.4) is 0 Å². The quantitative estimate of drug-likeness (QED) is 0.865. The van der Waals surface area contributed by atoms with Crippen molar-refractivity contribution in [2.75, 3.05) is 13.7 Å². The van der Waals surface area contributed by atoms with Gasteiger partial charge in [-0.15, -0.1) is 0 Å². The number of methoxy groups -OCH3 is 1. The summed E-state index contributed by atoms with van der Waals surface area (Å²) in [6.45, 7) is 4.38. The van der Waals surface area contributed by atoms with Gasteiger partial charge >= 0.3 is 0 Å². The number of rotatable bonds is 4. The fraction of sp³-hybridized carbons (Fsp3) is 0.444. The number of likely N-dealkylation sites (tertiary alicyclic amines) is 1. The SMILES string of the molecule is COc1ccc(C)cc1/C=C/C(=O)N1CC(C(N)=O)CCC1C. The van der Waals surface area contributed by atoms with Gasteiger partial charge in [0.25, 0.3) is 0 Å². The molecule has 2 N–H and O–H groups in total. The van der Waals surface area contributed by atoms with Crippen LogP contribution in [0.15, 0.2) is 24.3 Å². The van der Waals surface area contributed by atoms with Crippen molar-refractivity contribution in [3.8, 4) is 5.75 Å². The van der Waals surface area contributed by atoms with E-state index < -0.39 is 0 Å². The lowest BCUT2D eigenvalue weighted by Gasteiger charge is -2.36. The maximum Gasteiger partial charge on any atom is 0.246 e. The molecule has 1 aliphatic rings. The zero-order chi connectivity index (χ0) is 17.0. The van der Waals surface area contributed by atoms with Crippen LogP contribution in [-0.2, 0) is 9.59 Å². The molecule has 0 aromatic heterocycles. The average molecular weight is 316 g/mol. The second-order valence-electron chi connectivity index (χ2n) is 6.10. The first-order valence-corrected chi connectivity index (χ1v) is 7.85. The van der Waals surface area contributed by atoms with Crippen molar-refractivity contribution in [3.63, 3.8) is 0 Å². The van der Waals surface area contributed by atoms with E-state index in [1.54, 1.807) is 18.1 Å². The Balaban J connectivity index is 2.14. The Bertz CT molecular complexity index is 625. The van der Waals surface area contributed by atoms with Crippen molar-refractivity contribution >= 4 is 17.9 Å². The molecule has 1 fully saturated rings. The maximum atomic E-state index is 12.5. The number of piperidine rings is 1. The lowest BCUT2D eigenvalue weighted by atomic mass is 9.93. The molecular formula is C18H24N2O3.